The molecule has 0 unspecified atom stereocenters. The van der Waals surface area contributed by atoms with Crippen molar-refractivity contribution in [1.82, 2.24) is 19.1 Å². The van der Waals surface area contributed by atoms with Crippen LogP contribution >= 0.6 is 0 Å². The van der Waals surface area contributed by atoms with Crippen LogP contribution in [0.1, 0.15) is 31.7 Å². The van der Waals surface area contributed by atoms with Crippen molar-refractivity contribution in [3.05, 3.63) is 59.1 Å². The van der Waals surface area contributed by atoms with Gasteiger partial charge in [-0.05, 0) is 37.1 Å². The van der Waals surface area contributed by atoms with E-state index in [1.807, 2.05) is 41.9 Å². The van der Waals surface area contributed by atoms with E-state index >= 15 is 0 Å². The summed E-state index contributed by atoms with van der Waals surface area (Å²) in [5, 5.41) is 3.34. The Balaban J connectivity index is 1.32. The Hall–Kier alpha value is -3.81. The Morgan fingerprint density at radius 3 is 2.74 bits per heavy atom. The molecule has 8 heteroatoms. The van der Waals surface area contributed by atoms with Gasteiger partial charge in [-0.15, -0.1) is 0 Å². The zero-order chi connectivity index (χ0) is 23.2. The highest BCUT2D eigenvalue weighted by atomic mass is 16.5. The number of hydrogen-bond acceptors (Lipinski definition) is 6. The van der Waals surface area contributed by atoms with E-state index < -0.39 is 0 Å². The third-order valence-electron chi connectivity index (χ3n) is 7.02. The van der Waals surface area contributed by atoms with Gasteiger partial charge in [0.05, 0.1) is 35.2 Å². The molecule has 1 saturated carbocycles. The van der Waals surface area contributed by atoms with Gasteiger partial charge in [0, 0.05) is 31.8 Å². The number of pyridine rings is 2. The van der Waals surface area contributed by atoms with Gasteiger partial charge in [-0.1, -0.05) is 25.0 Å². The fourth-order valence-corrected chi connectivity index (χ4v) is 5.15. The first kappa shape index (κ1) is 20.8. The van der Waals surface area contributed by atoms with Crippen LogP contribution in [0.25, 0.3) is 22.3 Å². The minimum absolute atomic E-state index is 0.0289. The molecule has 2 aliphatic rings. The number of nitrogens with zero attached hydrogens (tertiary/aromatic N) is 5. The third kappa shape index (κ3) is 3.50. The molecule has 0 radical (unpaired) electrons. The first-order valence-electron chi connectivity index (χ1n) is 11.9. The van der Waals surface area contributed by atoms with Gasteiger partial charge in [-0.25, -0.2) is 14.8 Å². The Bertz CT molecular complexity index is 1430. The van der Waals surface area contributed by atoms with Crippen molar-refractivity contribution in [2.24, 2.45) is 7.05 Å². The number of anilines is 3. The summed E-state index contributed by atoms with van der Waals surface area (Å²) in [6.07, 6.45) is 6.21. The highest BCUT2D eigenvalue weighted by Crippen LogP contribution is 2.35. The number of rotatable bonds is 4. The van der Waals surface area contributed by atoms with Crippen LogP contribution in [0.3, 0.4) is 0 Å². The SMILES string of the molecule is CN1CCOc2cc(-c3cccc(Nc4cc5c(cn4)n(C)c(=O)n5C4CCCC4)n3)ccc21. The standard InChI is InChI=1S/C26H28N6O2/c1-30-12-13-34-23-14-17(10-11-20(23)30)19-8-5-9-24(28-19)29-25-15-21-22(16-27-25)31(2)26(33)32(21)18-6-3-4-7-18/h5,8-11,14-16,18H,3-4,6-7,12-13H2,1-2H3,(H,27,28,29). The summed E-state index contributed by atoms with van der Waals surface area (Å²) in [5.74, 6) is 2.25. The number of imidazole rings is 1. The van der Waals surface area contributed by atoms with Crippen LogP contribution < -0.4 is 20.6 Å². The molecule has 0 atom stereocenters. The van der Waals surface area contributed by atoms with E-state index in [1.165, 1.54) is 12.8 Å². The Morgan fingerprint density at radius 2 is 1.88 bits per heavy atom. The fourth-order valence-electron chi connectivity index (χ4n) is 5.15. The molecule has 34 heavy (non-hydrogen) atoms. The molecule has 0 bridgehead atoms. The maximum absolute atomic E-state index is 12.9. The molecule has 4 heterocycles. The summed E-state index contributed by atoms with van der Waals surface area (Å²) in [6.45, 7) is 1.57. The van der Waals surface area contributed by atoms with E-state index in [1.54, 1.807) is 10.8 Å². The molecular weight excluding hydrogens is 428 g/mol. The number of aryl methyl sites for hydroxylation is 1. The van der Waals surface area contributed by atoms with Crippen LogP contribution in [-0.4, -0.2) is 39.3 Å². The number of nitrogens with one attached hydrogen (secondary N) is 1. The Labute approximate surface area is 197 Å². The molecular formula is C26H28N6O2. The topological polar surface area (TPSA) is 77.2 Å². The van der Waals surface area contributed by atoms with Crippen LogP contribution in [0.2, 0.25) is 0 Å². The molecule has 1 aliphatic heterocycles. The van der Waals surface area contributed by atoms with E-state index in [0.29, 0.717) is 18.2 Å². The molecule has 6 rings (SSSR count). The van der Waals surface area contributed by atoms with Crippen LogP contribution in [0.4, 0.5) is 17.3 Å². The molecule has 174 valence electrons. The minimum atomic E-state index is 0.0289. The maximum Gasteiger partial charge on any atom is 0.329 e. The van der Waals surface area contributed by atoms with E-state index in [4.69, 9.17) is 9.72 Å². The number of aromatic nitrogens is 4. The predicted octanol–water partition coefficient (Wildman–Crippen LogP) is 4.48. The summed E-state index contributed by atoms with van der Waals surface area (Å²) < 4.78 is 9.50. The van der Waals surface area contributed by atoms with Crippen LogP contribution in [0, 0.1) is 0 Å². The maximum atomic E-state index is 12.9. The van der Waals surface area contributed by atoms with Gasteiger partial charge in [-0.2, -0.15) is 0 Å². The zero-order valence-electron chi connectivity index (χ0n) is 19.5. The Morgan fingerprint density at radius 1 is 1.03 bits per heavy atom. The van der Waals surface area contributed by atoms with Gasteiger partial charge in [0.2, 0.25) is 0 Å². The molecule has 4 aromatic rings. The van der Waals surface area contributed by atoms with E-state index in [-0.39, 0.29) is 11.7 Å². The number of likely N-dealkylation sites (N-methyl/N-ethyl adjacent to an activating group) is 1. The van der Waals surface area contributed by atoms with Crippen molar-refractivity contribution in [1.29, 1.82) is 0 Å². The van der Waals surface area contributed by atoms with Gasteiger partial charge in [0.1, 0.15) is 24.0 Å². The smallest absolute Gasteiger partial charge is 0.329 e. The second kappa shape index (κ2) is 8.20. The van der Waals surface area contributed by atoms with E-state index in [2.05, 4.69) is 34.4 Å². The quantitative estimate of drug-likeness (QED) is 0.488. The molecule has 3 aromatic heterocycles. The third-order valence-corrected chi connectivity index (χ3v) is 7.02. The van der Waals surface area contributed by atoms with Crippen molar-refractivity contribution in [2.75, 3.05) is 30.4 Å². The molecule has 1 aliphatic carbocycles. The Kier molecular flexibility index (Phi) is 5.01. The molecule has 0 saturated heterocycles. The fraction of sp³-hybridized carbons (Fsp3) is 0.346. The largest absolute Gasteiger partial charge is 0.490 e. The number of hydrogen-bond donors (Lipinski definition) is 1. The number of ether oxygens (including phenoxy) is 1. The van der Waals surface area contributed by atoms with Gasteiger partial charge in [-0.3, -0.25) is 9.13 Å². The summed E-state index contributed by atoms with van der Waals surface area (Å²) in [6, 6.07) is 14.3. The van der Waals surface area contributed by atoms with Crippen LogP contribution in [0.5, 0.6) is 5.75 Å². The van der Waals surface area contributed by atoms with Crippen molar-refractivity contribution >= 4 is 28.4 Å². The predicted molar refractivity (Wildman–Crippen MR) is 134 cm³/mol. The molecule has 1 N–H and O–H groups in total. The molecule has 1 fully saturated rings. The molecule has 0 amide bonds. The highest BCUT2D eigenvalue weighted by Gasteiger charge is 2.23. The lowest BCUT2D eigenvalue weighted by Crippen LogP contribution is -2.28. The van der Waals surface area contributed by atoms with Crippen molar-refractivity contribution in [3.8, 4) is 17.0 Å². The molecule has 1 aromatic carbocycles. The van der Waals surface area contributed by atoms with Crippen LogP contribution in [0.15, 0.2) is 53.5 Å². The van der Waals surface area contributed by atoms with E-state index in [9.17, 15) is 4.79 Å². The summed E-state index contributed by atoms with van der Waals surface area (Å²) >= 11 is 0. The monoisotopic (exact) mass is 456 g/mol. The van der Waals surface area contributed by atoms with E-state index in [0.717, 1.165) is 53.1 Å². The second-order valence-corrected chi connectivity index (χ2v) is 9.19. The van der Waals surface area contributed by atoms with Gasteiger partial charge < -0.3 is 15.0 Å². The first-order chi connectivity index (χ1) is 16.6. The zero-order valence-corrected chi connectivity index (χ0v) is 19.5. The molecule has 8 nitrogen and oxygen atoms in total. The van der Waals surface area contributed by atoms with Crippen molar-refractivity contribution in [2.45, 2.75) is 31.7 Å². The second-order valence-electron chi connectivity index (χ2n) is 9.19. The number of fused-ring (bicyclic) bond motifs is 2. The lowest BCUT2D eigenvalue weighted by Gasteiger charge is -2.27. The lowest BCUT2D eigenvalue weighted by atomic mass is 10.1. The average molecular weight is 457 g/mol. The van der Waals surface area contributed by atoms with Crippen LogP contribution in [-0.2, 0) is 7.05 Å². The van der Waals surface area contributed by atoms with Crippen molar-refractivity contribution < 1.29 is 4.74 Å². The summed E-state index contributed by atoms with van der Waals surface area (Å²) in [7, 11) is 3.89. The molecule has 0 spiro atoms. The van der Waals surface area contributed by atoms with Gasteiger partial charge >= 0.3 is 5.69 Å². The normalized spacial score (nSPS) is 16.0. The van der Waals surface area contributed by atoms with Gasteiger partial charge in [0.15, 0.2) is 0 Å². The number of benzene rings is 1. The summed E-state index contributed by atoms with van der Waals surface area (Å²) in [4.78, 5) is 24.5. The van der Waals surface area contributed by atoms with Gasteiger partial charge in [0.25, 0.3) is 0 Å². The average Bonchev–Trinajstić information content (AvgIpc) is 3.46. The summed E-state index contributed by atoms with van der Waals surface area (Å²) in [5.41, 5.74) is 4.75. The first-order valence-corrected chi connectivity index (χ1v) is 11.9. The lowest BCUT2D eigenvalue weighted by molar-refractivity contribution is 0.311. The minimum Gasteiger partial charge on any atom is -0.490 e. The highest BCUT2D eigenvalue weighted by molar-refractivity contribution is 5.79. The van der Waals surface area contributed by atoms with Crippen molar-refractivity contribution in [3.63, 3.8) is 0 Å².